The van der Waals surface area contributed by atoms with E-state index in [0.717, 1.165) is 44.5 Å². The topological polar surface area (TPSA) is 58.6 Å². The van der Waals surface area contributed by atoms with Gasteiger partial charge in [-0.1, -0.05) is 30.3 Å². The summed E-state index contributed by atoms with van der Waals surface area (Å²) in [6.45, 7) is 3.63. The first-order chi connectivity index (χ1) is 11.7. The van der Waals surface area contributed by atoms with Crippen LogP contribution in [0, 0.1) is 5.92 Å². The summed E-state index contributed by atoms with van der Waals surface area (Å²) in [5.74, 6) is -0.144. The van der Waals surface area contributed by atoms with Crippen molar-refractivity contribution in [2.45, 2.75) is 37.2 Å². The van der Waals surface area contributed by atoms with E-state index in [4.69, 9.17) is 4.74 Å². The van der Waals surface area contributed by atoms with Gasteiger partial charge in [-0.25, -0.2) is 0 Å². The number of fused-ring (bicyclic) bond motifs is 3. The molecule has 5 nitrogen and oxygen atoms in total. The molecule has 0 spiro atoms. The van der Waals surface area contributed by atoms with Crippen molar-refractivity contribution < 1.29 is 14.3 Å². The molecule has 5 heteroatoms. The molecule has 128 valence electrons. The number of carbonyl (C=O) groups excluding carboxylic acids is 2. The lowest BCUT2D eigenvalue weighted by atomic mass is 9.73. The van der Waals surface area contributed by atoms with Crippen molar-refractivity contribution in [1.82, 2.24) is 10.2 Å². The predicted molar refractivity (Wildman–Crippen MR) is 89.4 cm³/mol. The molecule has 1 aromatic carbocycles. The lowest BCUT2D eigenvalue weighted by Gasteiger charge is -2.45. The third-order valence-corrected chi connectivity index (χ3v) is 5.87. The smallest absolute Gasteiger partial charge is 0.326 e. The molecule has 0 aromatic heterocycles. The van der Waals surface area contributed by atoms with Crippen molar-refractivity contribution in [2.75, 3.05) is 26.2 Å². The zero-order valence-electron chi connectivity index (χ0n) is 13.9. The quantitative estimate of drug-likeness (QED) is 0.674. The zero-order valence-corrected chi connectivity index (χ0v) is 13.9. The van der Waals surface area contributed by atoms with Crippen molar-refractivity contribution in [1.29, 1.82) is 0 Å². The molecule has 0 saturated carbocycles. The monoisotopic (exact) mass is 328 g/mol. The summed E-state index contributed by atoms with van der Waals surface area (Å²) in [5, 5.41) is 2.87. The van der Waals surface area contributed by atoms with Gasteiger partial charge in [0, 0.05) is 13.1 Å². The van der Waals surface area contributed by atoms with E-state index in [1.807, 2.05) is 30.3 Å². The normalized spacial score (nSPS) is 35.3. The van der Waals surface area contributed by atoms with Gasteiger partial charge in [-0.3, -0.25) is 14.5 Å². The minimum atomic E-state index is -1.19. The van der Waals surface area contributed by atoms with Crippen LogP contribution < -0.4 is 5.32 Å². The van der Waals surface area contributed by atoms with Crippen molar-refractivity contribution in [3.8, 4) is 0 Å². The summed E-state index contributed by atoms with van der Waals surface area (Å²) in [5.41, 5.74) is -0.445. The van der Waals surface area contributed by atoms with Gasteiger partial charge in [0.15, 0.2) is 5.41 Å². The molecule has 2 unspecified atom stereocenters. The molecule has 4 saturated heterocycles. The van der Waals surface area contributed by atoms with E-state index in [-0.39, 0.29) is 18.0 Å². The summed E-state index contributed by atoms with van der Waals surface area (Å²) < 4.78 is 5.95. The first-order valence-corrected chi connectivity index (χ1v) is 8.97. The molecular weight excluding hydrogens is 304 g/mol. The molecule has 4 aliphatic rings. The van der Waals surface area contributed by atoms with Gasteiger partial charge in [0.1, 0.15) is 6.10 Å². The molecular formula is C19H24N2O3. The van der Waals surface area contributed by atoms with Crippen LogP contribution in [0.4, 0.5) is 0 Å². The second-order valence-corrected chi connectivity index (χ2v) is 7.21. The minimum Gasteiger partial charge on any atom is -0.460 e. The molecule has 2 atom stereocenters. The second kappa shape index (κ2) is 6.20. The van der Waals surface area contributed by atoms with Crippen molar-refractivity contribution in [2.24, 2.45) is 5.92 Å². The van der Waals surface area contributed by atoms with E-state index in [0.29, 0.717) is 18.9 Å². The molecule has 1 amide bonds. The fraction of sp³-hybridized carbons (Fsp3) is 0.579. The van der Waals surface area contributed by atoms with Gasteiger partial charge in [-0.2, -0.15) is 0 Å². The van der Waals surface area contributed by atoms with Gasteiger partial charge in [0.2, 0.25) is 5.91 Å². The number of nitrogens with zero attached hydrogens (tertiary/aromatic N) is 1. The van der Waals surface area contributed by atoms with E-state index in [2.05, 4.69) is 10.2 Å². The summed E-state index contributed by atoms with van der Waals surface area (Å²) in [6.07, 6.45) is 3.40. The third-order valence-electron chi connectivity index (χ3n) is 5.87. The summed E-state index contributed by atoms with van der Waals surface area (Å²) in [4.78, 5) is 28.3. The summed E-state index contributed by atoms with van der Waals surface area (Å²) in [7, 11) is 0. The van der Waals surface area contributed by atoms with Crippen LogP contribution in [0.5, 0.6) is 0 Å². The molecule has 1 N–H and O–H groups in total. The summed E-state index contributed by atoms with van der Waals surface area (Å²) >= 11 is 0. The Morgan fingerprint density at radius 1 is 1.21 bits per heavy atom. The average molecular weight is 328 g/mol. The minimum absolute atomic E-state index is 0.0738. The van der Waals surface area contributed by atoms with Crippen LogP contribution in [0.3, 0.4) is 0 Å². The van der Waals surface area contributed by atoms with Crippen LogP contribution in [0.1, 0.15) is 31.2 Å². The van der Waals surface area contributed by atoms with Gasteiger partial charge in [-0.15, -0.1) is 0 Å². The van der Waals surface area contributed by atoms with E-state index in [9.17, 15) is 9.59 Å². The van der Waals surface area contributed by atoms with Crippen LogP contribution in [0.15, 0.2) is 30.3 Å². The Bertz CT molecular complexity index is 625. The SMILES string of the molecule is O=C1NCCCC1(C(=O)OC1CN2CCC1CC2)c1ccccc1. The average Bonchev–Trinajstić information content (AvgIpc) is 2.64. The Morgan fingerprint density at radius 2 is 1.96 bits per heavy atom. The van der Waals surface area contributed by atoms with Crippen LogP contribution in [0.2, 0.25) is 0 Å². The molecule has 4 aliphatic heterocycles. The molecule has 0 aliphatic carbocycles. The lowest BCUT2D eigenvalue weighted by Crippen LogP contribution is -2.58. The number of ether oxygens (including phenoxy) is 1. The lowest BCUT2D eigenvalue weighted by molar-refractivity contribution is -0.169. The standard InChI is InChI=1S/C19H24N2O3/c22-17-19(9-4-10-20-17,15-5-2-1-3-6-15)18(23)24-16-13-21-11-7-14(16)8-12-21/h1-3,5-6,14,16H,4,7-13H2,(H,20,22). The molecule has 24 heavy (non-hydrogen) atoms. The highest BCUT2D eigenvalue weighted by Gasteiger charge is 2.51. The number of hydrogen-bond donors (Lipinski definition) is 1. The molecule has 2 bridgehead atoms. The van der Waals surface area contributed by atoms with Crippen LogP contribution in [-0.4, -0.2) is 49.1 Å². The third kappa shape index (κ3) is 2.51. The number of esters is 1. The Balaban J connectivity index is 1.61. The van der Waals surface area contributed by atoms with Crippen LogP contribution in [-0.2, 0) is 19.7 Å². The van der Waals surface area contributed by atoms with Crippen molar-refractivity contribution in [3.63, 3.8) is 0 Å². The van der Waals surface area contributed by atoms with Gasteiger partial charge >= 0.3 is 5.97 Å². The van der Waals surface area contributed by atoms with E-state index in [1.54, 1.807) is 0 Å². The van der Waals surface area contributed by atoms with Crippen molar-refractivity contribution in [3.05, 3.63) is 35.9 Å². The largest absolute Gasteiger partial charge is 0.460 e. The molecule has 5 rings (SSSR count). The van der Waals surface area contributed by atoms with E-state index < -0.39 is 5.41 Å². The Morgan fingerprint density at radius 3 is 2.58 bits per heavy atom. The highest BCUT2D eigenvalue weighted by molar-refractivity contribution is 6.09. The second-order valence-electron chi connectivity index (χ2n) is 7.21. The van der Waals surface area contributed by atoms with Gasteiger partial charge < -0.3 is 10.1 Å². The fourth-order valence-corrected chi connectivity index (χ4v) is 4.41. The maximum absolute atomic E-state index is 13.2. The summed E-state index contributed by atoms with van der Waals surface area (Å²) in [6, 6.07) is 9.38. The number of hydrogen-bond acceptors (Lipinski definition) is 4. The number of rotatable bonds is 3. The highest BCUT2D eigenvalue weighted by Crippen LogP contribution is 2.36. The molecule has 0 radical (unpaired) electrons. The zero-order chi connectivity index (χ0) is 16.6. The maximum Gasteiger partial charge on any atom is 0.326 e. The molecule has 4 heterocycles. The number of nitrogens with one attached hydrogen (secondary N) is 1. The predicted octanol–water partition coefficient (Wildman–Crippen LogP) is 1.47. The number of piperidine rings is 4. The fourth-order valence-electron chi connectivity index (χ4n) is 4.41. The number of benzene rings is 1. The van der Waals surface area contributed by atoms with Gasteiger partial charge in [0.25, 0.3) is 0 Å². The van der Waals surface area contributed by atoms with E-state index >= 15 is 0 Å². The molecule has 1 aromatic rings. The first-order valence-electron chi connectivity index (χ1n) is 8.97. The maximum atomic E-state index is 13.2. The van der Waals surface area contributed by atoms with Gasteiger partial charge in [0.05, 0.1) is 0 Å². The van der Waals surface area contributed by atoms with Crippen LogP contribution in [0.25, 0.3) is 0 Å². The number of carbonyl (C=O) groups is 2. The highest BCUT2D eigenvalue weighted by atomic mass is 16.5. The Labute approximate surface area is 142 Å². The van der Waals surface area contributed by atoms with Crippen molar-refractivity contribution >= 4 is 11.9 Å². The van der Waals surface area contributed by atoms with Gasteiger partial charge in [-0.05, 0) is 50.3 Å². The molecule has 4 fully saturated rings. The van der Waals surface area contributed by atoms with E-state index in [1.165, 1.54) is 0 Å². The first kappa shape index (κ1) is 15.6. The Kier molecular flexibility index (Phi) is 4.04. The Hall–Kier alpha value is -1.88. The van der Waals surface area contributed by atoms with Crippen LogP contribution >= 0.6 is 0 Å². The number of amides is 1.